The fourth-order valence-electron chi connectivity index (χ4n) is 1.62. The quantitative estimate of drug-likeness (QED) is 0.244. The maximum atomic E-state index is 11.9. The summed E-state index contributed by atoms with van der Waals surface area (Å²) in [6.45, 7) is 1.66. The van der Waals surface area contributed by atoms with Crippen LogP contribution in [0, 0.1) is 5.92 Å². The van der Waals surface area contributed by atoms with Gasteiger partial charge in [0.2, 0.25) is 0 Å². The zero-order valence-electron chi connectivity index (χ0n) is 11.8. The molecule has 7 nitrogen and oxygen atoms in total. The third-order valence-corrected chi connectivity index (χ3v) is 2.89. The second kappa shape index (κ2) is 8.65. The monoisotopic (exact) mass is 288 g/mol. The molecule has 1 saturated heterocycles. The molecule has 0 aliphatic carbocycles. The van der Waals surface area contributed by atoms with Gasteiger partial charge in [0.25, 0.3) is 0 Å². The fraction of sp³-hybridized carbons (Fsp3) is 0.769. The molecule has 0 saturated carbocycles. The summed E-state index contributed by atoms with van der Waals surface area (Å²) >= 11 is 0. The van der Waals surface area contributed by atoms with Gasteiger partial charge in [0.15, 0.2) is 0 Å². The van der Waals surface area contributed by atoms with Crippen LogP contribution in [-0.4, -0.2) is 57.9 Å². The molecule has 0 radical (unpaired) electrons. The van der Waals surface area contributed by atoms with Gasteiger partial charge in [-0.3, -0.25) is 14.4 Å². The zero-order valence-corrected chi connectivity index (χ0v) is 11.8. The molecule has 114 valence electrons. The third-order valence-electron chi connectivity index (χ3n) is 2.89. The lowest BCUT2D eigenvalue weighted by molar-refractivity contribution is -0.155. The van der Waals surface area contributed by atoms with Gasteiger partial charge in [-0.15, -0.1) is 0 Å². The van der Waals surface area contributed by atoms with E-state index in [1.165, 1.54) is 14.2 Å². The topological polar surface area (TPSA) is 91.4 Å². The number of hydrogen-bond donors (Lipinski definition) is 0. The molecule has 0 amide bonds. The van der Waals surface area contributed by atoms with Crippen LogP contribution in [0.4, 0.5) is 0 Å². The first-order chi connectivity index (χ1) is 9.58. The van der Waals surface area contributed by atoms with E-state index < -0.39 is 17.9 Å². The van der Waals surface area contributed by atoms with Crippen molar-refractivity contribution < 1.29 is 33.3 Å². The number of carbonyl (C=O) groups is 3. The summed E-state index contributed by atoms with van der Waals surface area (Å²) in [5.74, 6) is -2.77. The Labute approximate surface area is 117 Å². The van der Waals surface area contributed by atoms with Crippen molar-refractivity contribution in [1.29, 1.82) is 0 Å². The van der Waals surface area contributed by atoms with E-state index in [-0.39, 0.29) is 24.7 Å². The number of hydrogen-bond acceptors (Lipinski definition) is 7. The van der Waals surface area contributed by atoms with E-state index in [0.717, 1.165) is 6.61 Å². The Kier molecular flexibility index (Phi) is 7.17. The Morgan fingerprint density at radius 3 is 2.50 bits per heavy atom. The van der Waals surface area contributed by atoms with Crippen LogP contribution < -0.4 is 0 Å². The Balaban J connectivity index is 2.29. The summed E-state index contributed by atoms with van der Waals surface area (Å²) in [6.07, 6.45) is 0.536. The molecule has 1 aliphatic heterocycles. The number of ketones is 1. The highest BCUT2D eigenvalue weighted by Crippen LogP contribution is 2.13. The lowest BCUT2D eigenvalue weighted by Gasteiger charge is -2.12. The van der Waals surface area contributed by atoms with Crippen LogP contribution in [-0.2, 0) is 33.3 Å². The van der Waals surface area contributed by atoms with Gasteiger partial charge in [-0.05, 0) is 6.42 Å². The molecule has 1 fully saturated rings. The Morgan fingerprint density at radius 2 is 1.95 bits per heavy atom. The summed E-state index contributed by atoms with van der Waals surface area (Å²) < 4.78 is 19.3. The van der Waals surface area contributed by atoms with Crippen LogP contribution in [0.15, 0.2) is 0 Å². The highest BCUT2D eigenvalue weighted by Gasteiger charge is 2.30. The average Bonchev–Trinajstić information content (AvgIpc) is 3.27. The molecule has 1 rings (SSSR count). The number of ether oxygens (including phenoxy) is 4. The predicted octanol–water partition coefficient (Wildman–Crippen LogP) is 0.103. The third kappa shape index (κ3) is 6.12. The van der Waals surface area contributed by atoms with E-state index in [1.54, 1.807) is 0 Å². The predicted molar refractivity (Wildman–Crippen MR) is 66.9 cm³/mol. The molecule has 2 atom stereocenters. The SMILES string of the molecule is COC(=O)CC(C(=O)CCCOCC1CO1)C(=O)OC. The molecule has 0 bridgehead atoms. The lowest BCUT2D eigenvalue weighted by atomic mass is 9.97. The lowest BCUT2D eigenvalue weighted by Crippen LogP contribution is -2.28. The molecular formula is C13H20O7. The summed E-state index contributed by atoms with van der Waals surface area (Å²) in [7, 11) is 2.38. The van der Waals surface area contributed by atoms with E-state index in [4.69, 9.17) is 9.47 Å². The van der Waals surface area contributed by atoms with Crippen LogP contribution >= 0.6 is 0 Å². The van der Waals surface area contributed by atoms with Crippen molar-refractivity contribution in [3.63, 3.8) is 0 Å². The average molecular weight is 288 g/mol. The molecule has 0 aromatic rings. The largest absolute Gasteiger partial charge is 0.469 e. The minimum Gasteiger partial charge on any atom is -0.469 e. The summed E-state index contributed by atoms with van der Waals surface area (Å²) in [4.78, 5) is 34.6. The molecule has 0 N–H and O–H groups in total. The molecule has 20 heavy (non-hydrogen) atoms. The fourth-order valence-corrected chi connectivity index (χ4v) is 1.62. The molecule has 1 aliphatic rings. The summed E-state index contributed by atoms with van der Waals surface area (Å²) in [6, 6.07) is 0. The maximum absolute atomic E-state index is 11.9. The molecule has 2 unspecified atom stereocenters. The number of epoxide rings is 1. The van der Waals surface area contributed by atoms with E-state index in [2.05, 4.69) is 9.47 Å². The van der Waals surface area contributed by atoms with E-state index >= 15 is 0 Å². The molecule has 7 heteroatoms. The van der Waals surface area contributed by atoms with Gasteiger partial charge < -0.3 is 18.9 Å². The van der Waals surface area contributed by atoms with Gasteiger partial charge in [0.05, 0.1) is 33.9 Å². The first-order valence-corrected chi connectivity index (χ1v) is 6.45. The number of rotatable bonds is 10. The number of methoxy groups -OCH3 is 2. The van der Waals surface area contributed by atoms with E-state index in [0.29, 0.717) is 19.6 Å². The molecule has 1 heterocycles. The standard InChI is InChI=1S/C13H20O7/c1-17-12(15)6-10(13(16)18-2)11(14)4-3-5-19-7-9-8-20-9/h9-10H,3-8H2,1-2H3. The smallest absolute Gasteiger partial charge is 0.316 e. The Hall–Kier alpha value is -1.47. The molecule has 0 aromatic carbocycles. The van der Waals surface area contributed by atoms with Crippen LogP contribution in [0.5, 0.6) is 0 Å². The zero-order chi connectivity index (χ0) is 15.0. The minimum atomic E-state index is -1.10. The van der Waals surface area contributed by atoms with Gasteiger partial charge >= 0.3 is 11.9 Å². The van der Waals surface area contributed by atoms with Crippen LogP contribution in [0.25, 0.3) is 0 Å². The van der Waals surface area contributed by atoms with Gasteiger partial charge in [0, 0.05) is 13.0 Å². The maximum Gasteiger partial charge on any atom is 0.316 e. The van der Waals surface area contributed by atoms with Crippen molar-refractivity contribution in [3.05, 3.63) is 0 Å². The van der Waals surface area contributed by atoms with Crippen LogP contribution in [0.3, 0.4) is 0 Å². The van der Waals surface area contributed by atoms with Gasteiger partial charge in [-0.2, -0.15) is 0 Å². The molecule has 0 spiro atoms. The van der Waals surface area contributed by atoms with Crippen LogP contribution in [0.1, 0.15) is 19.3 Å². The first-order valence-electron chi connectivity index (χ1n) is 6.45. The Bertz CT molecular complexity index is 349. The molecular weight excluding hydrogens is 268 g/mol. The highest BCUT2D eigenvalue weighted by molar-refractivity contribution is 6.01. The highest BCUT2D eigenvalue weighted by atomic mass is 16.6. The van der Waals surface area contributed by atoms with Crippen LogP contribution in [0.2, 0.25) is 0 Å². The first kappa shape index (κ1) is 16.6. The van der Waals surface area contributed by atoms with Crippen molar-refractivity contribution in [3.8, 4) is 0 Å². The minimum absolute atomic E-state index is 0.155. The van der Waals surface area contributed by atoms with Crippen molar-refractivity contribution >= 4 is 17.7 Å². The van der Waals surface area contributed by atoms with E-state index in [1.807, 2.05) is 0 Å². The Morgan fingerprint density at radius 1 is 1.25 bits per heavy atom. The van der Waals surface area contributed by atoms with Gasteiger partial charge in [0.1, 0.15) is 17.8 Å². The second-order valence-corrected chi connectivity index (χ2v) is 4.46. The summed E-state index contributed by atoms with van der Waals surface area (Å²) in [5, 5.41) is 0. The number of Topliss-reactive ketones (excluding diaryl/α,β-unsaturated/α-hetero) is 1. The van der Waals surface area contributed by atoms with Crippen molar-refractivity contribution in [2.24, 2.45) is 5.92 Å². The van der Waals surface area contributed by atoms with Gasteiger partial charge in [-0.25, -0.2) is 0 Å². The number of esters is 2. The van der Waals surface area contributed by atoms with E-state index in [9.17, 15) is 14.4 Å². The number of carbonyl (C=O) groups excluding carboxylic acids is 3. The van der Waals surface area contributed by atoms with Gasteiger partial charge in [-0.1, -0.05) is 0 Å². The molecule has 0 aromatic heterocycles. The second-order valence-electron chi connectivity index (χ2n) is 4.46. The summed E-state index contributed by atoms with van der Waals surface area (Å²) in [5.41, 5.74) is 0. The normalized spacial score (nSPS) is 18.2. The van der Waals surface area contributed by atoms with Crippen molar-refractivity contribution in [1.82, 2.24) is 0 Å². The van der Waals surface area contributed by atoms with Crippen molar-refractivity contribution in [2.45, 2.75) is 25.4 Å². The van der Waals surface area contributed by atoms with Crippen molar-refractivity contribution in [2.75, 3.05) is 34.0 Å².